The number of amides is 2. The van der Waals surface area contributed by atoms with Gasteiger partial charge in [-0.2, -0.15) is 0 Å². The summed E-state index contributed by atoms with van der Waals surface area (Å²) >= 11 is 0. The van der Waals surface area contributed by atoms with E-state index in [-0.39, 0.29) is 24.5 Å². The first-order valence-electron chi connectivity index (χ1n) is 11.9. The maximum absolute atomic E-state index is 13.6. The lowest BCUT2D eigenvalue weighted by Gasteiger charge is -2.42. The van der Waals surface area contributed by atoms with E-state index in [1.165, 1.54) is 9.80 Å². The molecule has 0 saturated carbocycles. The van der Waals surface area contributed by atoms with E-state index < -0.39 is 23.6 Å². The summed E-state index contributed by atoms with van der Waals surface area (Å²) in [7, 11) is 0. The number of fused-ring (bicyclic) bond motifs is 4. The van der Waals surface area contributed by atoms with E-state index in [0.29, 0.717) is 32.2 Å². The Labute approximate surface area is 197 Å². The van der Waals surface area contributed by atoms with Gasteiger partial charge in [0.05, 0.1) is 6.04 Å². The average molecular weight is 459 g/mol. The lowest BCUT2D eigenvalue weighted by Crippen LogP contribution is -2.62. The molecule has 0 bridgehead atoms. The summed E-state index contributed by atoms with van der Waals surface area (Å²) < 4.78 is 5.85. The molecule has 3 heterocycles. The first kappa shape index (κ1) is 21.0. The van der Waals surface area contributed by atoms with Crippen molar-refractivity contribution in [3.05, 3.63) is 71.8 Å². The van der Waals surface area contributed by atoms with Crippen molar-refractivity contribution in [1.82, 2.24) is 9.80 Å². The zero-order valence-electron chi connectivity index (χ0n) is 18.7. The number of likely N-dealkylation sites (tertiary alicyclic amines) is 1. The number of aliphatic carboxylic acids is 1. The SMILES string of the molecule is O=C(O)[C@@H]1CC[C@H]2C=CC3(CCCN3C(=O)OCC3c4ccccc4-c4ccccc43)C(=O)N21. The van der Waals surface area contributed by atoms with Crippen LogP contribution in [0.4, 0.5) is 4.79 Å². The fraction of sp³-hybridized carbons (Fsp3) is 0.370. The molecule has 2 amide bonds. The summed E-state index contributed by atoms with van der Waals surface area (Å²) in [4.78, 5) is 41.7. The van der Waals surface area contributed by atoms with Gasteiger partial charge in [0.2, 0.25) is 0 Å². The topological polar surface area (TPSA) is 87.1 Å². The van der Waals surface area contributed by atoms with Gasteiger partial charge in [-0.3, -0.25) is 9.69 Å². The summed E-state index contributed by atoms with van der Waals surface area (Å²) in [6.45, 7) is 0.588. The molecule has 2 saturated heterocycles. The quantitative estimate of drug-likeness (QED) is 0.708. The molecule has 0 aromatic heterocycles. The third-order valence-electron chi connectivity index (χ3n) is 7.89. The molecular weight excluding hydrogens is 432 g/mol. The molecular formula is C27H26N2O5. The molecule has 1 unspecified atom stereocenters. The normalized spacial score (nSPS) is 27.1. The van der Waals surface area contributed by atoms with Gasteiger partial charge in [-0.1, -0.05) is 60.7 Å². The minimum atomic E-state index is -1.16. The number of carbonyl (C=O) groups excluding carboxylic acids is 2. The molecule has 1 spiro atoms. The Morgan fingerprint density at radius 1 is 1.03 bits per heavy atom. The predicted molar refractivity (Wildman–Crippen MR) is 124 cm³/mol. The monoisotopic (exact) mass is 458 g/mol. The Hall–Kier alpha value is -3.61. The molecule has 174 valence electrons. The zero-order chi connectivity index (χ0) is 23.4. The molecule has 7 nitrogen and oxygen atoms in total. The van der Waals surface area contributed by atoms with Crippen molar-refractivity contribution in [3.63, 3.8) is 0 Å². The second kappa shape index (κ2) is 7.72. The largest absolute Gasteiger partial charge is 0.480 e. The third-order valence-corrected chi connectivity index (χ3v) is 7.89. The van der Waals surface area contributed by atoms with Crippen LogP contribution < -0.4 is 0 Å². The molecule has 3 atom stereocenters. The highest BCUT2D eigenvalue weighted by Crippen LogP contribution is 2.45. The van der Waals surface area contributed by atoms with Crippen molar-refractivity contribution in [2.24, 2.45) is 0 Å². The number of hydrogen-bond donors (Lipinski definition) is 1. The molecule has 2 aromatic carbocycles. The molecule has 6 rings (SSSR count). The Bertz CT molecular complexity index is 1180. The van der Waals surface area contributed by atoms with Crippen LogP contribution in [0.5, 0.6) is 0 Å². The van der Waals surface area contributed by atoms with Crippen molar-refractivity contribution >= 4 is 18.0 Å². The van der Waals surface area contributed by atoms with Gasteiger partial charge in [0.15, 0.2) is 0 Å². The second-order valence-electron chi connectivity index (χ2n) is 9.55. The Kier molecular flexibility index (Phi) is 4.76. The molecule has 0 radical (unpaired) electrons. The fourth-order valence-electron chi connectivity index (χ4n) is 6.29. The standard InChI is InChI=1S/C27H26N2O5/c30-24(31)23-11-10-17-12-14-27(25(32)29(17)23)13-5-15-28(27)26(33)34-16-22-20-8-3-1-6-18(20)19-7-2-4-9-21(19)22/h1-4,6-9,12,14,17,22-23H,5,10-11,13,15-16H2,(H,30,31)/t17-,23-,27?/m0/s1. The minimum Gasteiger partial charge on any atom is -0.480 e. The van der Waals surface area contributed by atoms with Crippen LogP contribution in [0, 0.1) is 0 Å². The maximum atomic E-state index is 13.6. The molecule has 1 aliphatic carbocycles. The molecule has 2 fully saturated rings. The van der Waals surface area contributed by atoms with Gasteiger partial charge in [0.1, 0.15) is 18.2 Å². The first-order chi connectivity index (χ1) is 16.5. The van der Waals surface area contributed by atoms with Crippen molar-refractivity contribution in [3.8, 4) is 11.1 Å². The molecule has 4 aliphatic rings. The number of rotatable bonds is 3. The van der Waals surface area contributed by atoms with Crippen LogP contribution in [0.15, 0.2) is 60.7 Å². The lowest BCUT2D eigenvalue weighted by atomic mass is 9.89. The summed E-state index contributed by atoms with van der Waals surface area (Å²) in [6.07, 6.45) is 5.38. The van der Waals surface area contributed by atoms with Crippen molar-refractivity contribution in [2.45, 2.75) is 49.2 Å². The van der Waals surface area contributed by atoms with Crippen LogP contribution in [0.1, 0.15) is 42.7 Å². The highest BCUT2D eigenvalue weighted by atomic mass is 16.6. The Morgan fingerprint density at radius 2 is 1.71 bits per heavy atom. The number of benzene rings is 2. The van der Waals surface area contributed by atoms with Crippen molar-refractivity contribution in [2.75, 3.05) is 13.2 Å². The molecule has 34 heavy (non-hydrogen) atoms. The van der Waals surface area contributed by atoms with Gasteiger partial charge < -0.3 is 14.7 Å². The second-order valence-corrected chi connectivity index (χ2v) is 9.55. The summed E-state index contributed by atoms with van der Waals surface area (Å²) in [6, 6.07) is 15.2. The highest BCUT2D eigenvalue weighted by molar-refractivity contribution is 5.97. The number of nitrogens with zero attached hydrogens (tertiary/aromatic N) is 2. The van der Waals surface area contributed by atoms with Crippen LogP contribution in [0.3, 0.4) is 0 Å². The van der Waals surface area contributed by atoms with E-state index in [4.69, 9.17) is 4.74 Å². The predicted octanol–water partition coefficient (Wildman–Crippen LogP) is 3.78. The summed E-state index contributed by atoms with van der Waals surface area (Å²) in [5, 5.41) is 9.62. The first-order valence-corrected chi connectivity index (χ1v) is 11.9. The van der Waals surface area contributed by atoms with Crippen molar-refractivity contribution in [1.29, 1.82) is 0 Å². The fourth-order valence-corrected chi connectivity index (χ4v) is 6.29. The van der Waals surface area contributed by atoms with Crippen LogP contribution in [0.2, 0.25) is 0 Å². The zero-order valence-corrected chi connectivity index (χ0v) is 18.7. The average Bonchev–Trinajstić information content (AvgIpc) is 3.55. The van der Waals surface area contributed by atoms with E-state index >= 15 is 0 Å². The van der Waals surface area contributed by atoms with Gasteiger partial charge in [-0.25, -0.2) is 9.59 Å². The molecule has 2 aromatic rings. The Morgan fingerprint density at radius 3 is 2.38 bits per heavy atom. The van der Waals surface area contributed by atoms with Crippen molar-refractivity contribution < 1.29 is 24.2 Å². The van der Waals surface area contributed by atoms with E-state index in [2.05, 4.69) is 24.3 Å². The number of hydrogen-bond acceptors (Lipinski definition) is 4. The molecule has 7 heteroatoms. The van der Waals surface area contributed by atoms with E-state index in [1.54, 1.807) is 0 Å². The van der Waals surface area contributed by atoms with Gasteiger partial charge in [0, 0.05) is 12.5 Å². The number of carboxylic acids is 1. The Balaban J connectivity index is 1.24. The lowest BCUT2D eigenvalue weighted by molar-refractivity contribution is -0.153. The van der Waals surface area contributed by atoms with Gasteiger partial charge >= 0.3 is 12.1 Å². The van der Waals surface area contributed by atoms with Gasteiger partial charge in [-0.15, -0.1) is 0 Å². The van der Waals surface area contributed by atoms with E-state index in [0.717, 1.165) is 22.3 Å². The minimum absolute atomic E-state index is 0.0631. The molecule has 3 aliphatic heterocycles. The number of carboxylic acid groups (broad SMARTS) is 1. The van der Waals surface area contributed by atoms with Crippen LogP contribution in [-0.2, 0) is 14.3 Å². The van der Waals surface area contributed by atoms with Gasteiger partial charge in [0.25, 0.3) is 5.91 Å². The van der Waals surface area contributed by atoms with Gasteiger partial charge in [-0.05, 0) is 47.9 Å². The van der Waals surface area contributed by atoms with E-state index in [1.807, 2.05) is 36.4 Å². The number of ether oxygens (including phenoxy) is 1. The summed E-state index contributed by atoms with van der Waals surface area (Å²) in [5.41, 5.74) is 3.41. The van der Waals surface area contributed by atoms with Crippen LogP contribution in [-0.4, -0.2) is 63.7 Å². The third kappa shape index (κ3) is 2.92. The van der Waals surface area contributed by atoms with E-state index in [9.17, 15) is 19.5 Å². The molecule has 1 N–H and O–H groups in total. The number of carbonyl (C=O) groups is 3. The highest BCUT2D eigenvalue weighted by Gasteiger charge is 2.56. The van der Waals surface area contributed by atoms with Crippen LogP contribution >= 0.6 is 0 Å². The smallest absolute Gasteiger partial charge is 0.410 e. The summed E-state index contributed by atoms with van der Waals surface area (Å²) in [5.74, 6) is -1.35. The maximum Gasteiger partial charge on any atom is 0.410 e. The van der Waals surface area contributed by atoms with Crippen LogP contribution in [0.25, 0.3) is 11.1 Å².